The summed E-state index contributed by atoms with van der Waals surface area (Å²) >= 11 is 0. The summed E-state index contributed by atoms with van der Waals surface area (Å²) in [4.78, 5) is 118. The number of Topliss-reactive ketones (excluding diaryl/α,β-unsaturated/α-hetero) is 3. The number of oxazole rings is 1. The van der Waals surface area contributed by atoms with Gasteiger partial charge in [0.2, 0.25) is 11.7 Å². The molecule has 3 aromatic heterocycles. The molecule has 680 valence electrons. The van der Waals surface area contributed by atoms with Gasteiger partial charge >= 0.3 is 12.1 Å². The van der Waals surface area contributed by atoms with Crippen LogP contribution in [0.5, 0.6) is 0 Å². The number of allylic oxidation sites excluding steroid dienone is 6. The van der Waals surface area contributed by atoms with E-state index >= 15 is 0 Å². The highest BCUT2D eigenvalue weighted by atomic mass is 16.6. The average molecular weight is 1730 g/mol. The number of methoxy groups -OCH3 is 1. The summed E-state index contributed by atoms with van der Waals surface area (Å²) < 4.78 is 65.6. The topological polar surface area (TPSA) is 453 Å². The number of rotatable bonds is 29. The van der Waals surface area contributed by atoms with Crippen molar-refractivity contribution in [2.24, 2.45) is 35.3 Å². The van der Waals surface area contributed by atoms with Gasteiger partial charge in [-0.05, 0) is 142 Å². The molecule has 10 N–H and O–H groups in total. The number of nitrogens with two attached hydrogens (primary N) is 3. The molecule has 2 bridgehead atoms. The van der Waals surface area contributed by atoms with Crippen LogP contribution in [-0.2, 0) is 95.6 Å². The number of nitrogen functional groups attached to an aromatic ring is 2. The Bertz CT molecular complexity index is 4520. The molecule has 5 aliphatic heterocycles. The Morgan fingerprint density at radius 3 is 2.12 bits per heavy atom. The highest BCUT2D eigenvalue weighted by Gasteiger charge is 2.53. The first-order valence-corrected chi connectivity index (χ1v) is 43.9. The van der Waals surface area contributed by atoms with Gasteiger partial charge in [0.15, 0.2) is 17.0 Å². The molecule has 5 aromatic rings. The van der Waals surface area contributed by atoms with Gasteiger partial charge in [-0.2, -0.15) is 10.1 Å². The van der Waals surface area contributed by atoms with E-state index in [9.17, 15) is 54.0 Å². The second-order valence-electron chi connectivity index (χ2n) is 33.8. The predicted octanol–water partition coefficient (Wildman–Crippen LogP) is 6.56. The lowest BCUT2D eigenvalue weighted by atomic mass is 9.80. The maximum absolute atomic E-state index is 14.6. The Hall–Kier alpha value is -8.85. The highest BCUT2D eigenvalue weighted by Crippen LogP contribution is 2.39. The molecule has 4 fully saturated rings. The molecule has 0 radical (unpaired) electrons. The number of anilines is 2. The third-order valence-electron chi connectivity index (χ3n) is 24.6. The number of carbonyl (C=O) groups is 7. The molecule has 34 heteroatoms. The van der Waals surface area contributed by atoms with Crippen molar-refractivity contribution in [3.8, 4) is 11.3 Å². The van der Waals surface area contributed by atoms with E-state index in [-0.39, 0.29) is 68.0 Å². The molecule has 8 heterocycles. The van der Waals surface area contributed by atoms with Crippen LogP contribution in [0.2, 0.25) is 0 Å². The van der Waals surface area contributed by atoms with Crippen molar-refractivity contribution in [2.75, 3.05) is 144 Å². The Labute approximate surface area is 724 Å². The van der Waals surface area contributed by atoms with E-state index in [1.54, 1.807) is 38.8 Å². The second-order valence-corrected chi connectivity index (χ2v) is 33.8. The van der Waals surface area contributed by atoms with Crippen molar-refractivity contribution >= 4 is 75.2 Å². The first-order valence-electron chi connectivity index (χ1n) is 43.9. The summed E-state index contributed by atoms with van der Waals surface area (Å²) in [5.74, 6) is -9.14. The van der Waals surface area contributed by atoms with Crippen molar-refractivity contribution < 1.29 is 106 Å². The van der Waals surface area contributed by atoms with Gasteiger partial charge in [0, 0.05) is 102 Å². The monoisotopic (exact) mass is 1730 g/mol. The molecule has 1 saturated carbocycles. The molecule has 1 aliphatic carbocycles. The minimum Gasteiger partial charge on any atom is -0.459 e. The number of carbonyl (C=O) groups excluding carboxylic acids is 7. The quantitative estimate of drug-likeness (QED) is 0.0115. The van der Waals surface area contributed by atoms with E-state index < -0.39 is 120 Å². The SMILES string of the molecule is CO[C@H]1C[C@@H]2CC[C@@H](C)[C@@](O)(O2)C(=O)C(=O)N2CCCC[C@H]2C(=O)O[C@H]([C@H](N)C[C@@H]2CC[C@@H](OC(=O)N3CCN(CCOCCOCCOCCOCCOCCOCCC(=O)N4CCc5cc(Cn6nc(-c7ccc8oc(N)nc8c7)c7c(N)ncnc76)ccc5C4)CC3)[C@H](O)C2)CC(=O)C(C)/C=C(\C)[C@@H](O)[C@@H](O)C(=O)[C@H](C)C[C@H](C)/C=C/C=CC=C1C. The molecule has 15 atom stereocenters. The van der Waals surface area contributed by atoms with Crippen molar-refractivity contribution in [3.63, 3.8) is 0 Å². The van der Waals surface area contributed by atoms with E-state index in [4.69, 9.17) is 74.1 Å². The number of aliphatic hydroxyl groups is 4. The van der Waals surface area contributed by atoms with Crippen LogP contribution in [0.15, 0.2) is 94.7 Å². The second kappa shape index (κ2) is 46.6. The van der Waals surface area contributed by atoms with Crippen molar-refractivity contribution in [2.45, 2.75) is 205 Å². The zero-order valence-electron chi connectivity index (χ0n) is 72.7. The summed E-state index contributed by atoms with van der Waals surface area (Å²) in [5, 5.41) is 51.7. The molecular weight excluding hydrogens is 1600 g/mol. The van der Waals surface area contributed by atoms with Crippen molar-refractivity contribution in [1.29, 1.82) is 0 Å². The Morgan fingerprint density at radius 1 is 0.718 bits per heavy atom. The molecule has 34 nitrogen and oxygen atoms in total. The molecule has 3 amide bonds. The molecule has 0 spiro atoms. The molecule has 11 rings (SSSR count). The summed E-state index contributed by atoms with van der Waals surface area (Å²) in [6, 6.07) is 9.60. The average Bonchev–Trinajstić information content (AvgIpc) is 1.53. The number of ether oxygens (including phenoxy) is 10. The van der Waals surface area contributed by atoms with Gasteiger partial charge < -0.3 is 104 Å². The van der Waals surface area contributed by atoms with E-state index in [0.29, 0.717) is 210 Å². The van der Waals surface area contributed by atoms with Crippen LogP contribution in [0.25, 0.3) is 33.4 Å². The van der Waals surface area contributed by atoms with Crippen LogP contribution in [-0.4, -0.2) is 299 Å². The fourth-order valence-electron chi connectivity index (χ4n) is 17.2. The summed E-state index contributed by atoms with van der Waals surface area (Å²) in [7, 11) is 1.55. The first kappa shape index (κ1) is 95.8. The number of aromatic nitrogens is 5. The minimum absolute atomic E-state index is 0.0101. The van der Waals surface area contributed by atoms with E-state index in [1.807, 2.05) is 65.9 Å². The number of piperidine rings is 1. The number of benzene rings is 2. The van der Waals surface area contributed by atoms with Gasteiger partial charge in [0.1, 0.15) is 59.6 Å². The summed E-state index contributed by atoms with van der Waals surface area (Å²) in [6.07, 6.45) is 8.07. The third kappa shape index (κ3) is 26.2. The number of cyclic esters (lactones) is 1. The first-order chi connectivity index (χ1) is 59.7. The maximum atomic E-state index is 14.6. The Kier molecular flexibility index (Phi) is 36.0. The highest BCUT2D eigenvalue weighted by molar-refractivity contribution is 6.39. The smallest absolute Gasteiger partial charge is 0.410 e. The van der Waals surface area contributed by atoms with Crippen LogP contribution < -0.4 is 17.2 Å². The lowest BCUT2D eigenvalue weighted by Gasteiger charge is -2.42. The molecule has 3 saturated heterocycles. The number of esters is 1. The van der Waals surface area contributed by atoms with E-state index in [2.05, 4.69) is 38.1 Å². The third-order valence-corrected chi connectivity index (χ3v) is 24.6. The lowest BCUT2D eigenvalue weighted by molar-refractivity contribution is -0.265. The fraction of sp³-hybridized carbons (Fsp3) is 0.633. The summed E-state index contributed by atoms with van der Waals surface area (Å²) in [6.45, 7) is 19.1. The van der Waals surface area contributed by atoms with E-state index in [1.165, 1.54) is 24.9 Å². The number of hydrogen-bond donors (Lipinski definition) is 7. The van der Waals surface area contributed by atoms with Crippen LogP contribution in [0.4, 0.5) is 16.6 Å². The number of fused-ring (bicyclic) bond motifs is 6. The normalized spacial score (nSPS) is 27.6. The Morgan fingerprint density at radius 2 is 1.42 bits per heavy atom. The molecule has 2 aromatic carbocycles. The molecular formula is C90H128N12O22. The van der Waals surface area contributed by atoms with Gasteiger partial charge in [-0.3, -0.25) is 28.9 Å². The minimum atomic E-state index is -2.52. The van der Waals surface area contributed by atoms with Crippen LogP contribution in [0.3, 0.4) is 0 Å². The standard InChI is InChI=1S/C90H128N12O22/c1-56-13-9-8-10-14-57(2)75(114-7)51-67-21-16-61(6)90(113,124-67)83(109)86(110)101-26-12-11-15-70(101)87(111)121-76(52-71(103)58(3)46-60(5)81(107)82(108)80(106)59(4)45-56)68(91)48-62-18-22-74(72(104)49-62)123-89(112)99-30-28-98(29-31-99)32-34-116-36-38-118-40-42-120-44-43-119-41-39-117-37-35-115-33-25-77(105)100-27-24-64-47-63(17-19-66(64)54-100)53-102-85-78(84(92)94-55-95-85)79(97-102)65-20-23-73-69(50-65)96-88(93)122-73/h8-10,13-14,17,19-20,23,46-47,50,55-56,58-59,61-62,67-68,70,72,74-76,81-82,104,107-108,113H,11-12,15-16,18,21-22,24-45,48-49,51-54,91H2,1-7H3,(H2,93,96)(H2,92,94,95)/b10-8?,13-9+,57-14?,60-46+/t56-,58?,59-,61-,62+,67+,68-,70+,72-,74-,75+,76+,81-,82+,90-/m1/s1. The van der Waals surface area contributed by atoms with Gasteiger partial charge in [-0.15, -0.1) is 0 Å². The summed E-state index contributed by atoms with van der Waals surface area (Å²) in [5.41, 5.74) is 26.7. The van der Waals surface area contributed by atoms with Gasteiger partial charge in [-0.25, -0.2) is 24.2 Å². The number of ketones is 3. The van der Waals surface area contributed by atoms with Crippen LogP contribution in [0, 0.1) is 29.6 Å². The van der Waals surface area contributed by atoms with Crippen molar-refractivity contribution in [1.82, 2.24) is 44.3 Å². The maximum Gasteiger partial charge on any atom is 0.410 e. The molecule has 1 unspecified atom stereocenters. The van der Waals surface area contributed by atoms with Crippen molar-refractivity contribution in [3.05, 3.63) is 107 Å². The Balaban J connectivity index is 0.534. The molecule has 6 aliphatic rings. The van der Waals surface area contributed by atoms with Crippen LogP contribution in [0.1, 0.15) is 142 Å². The van der Waals surface area contributed by atoms with Crippen LogP contribution >= 0.6 is 0 Å². The zero-order chi connectivity index (χ0) is 88.6. The largest absolute Gasteiger partial charge is 0.459 e. The predicted molar refractivity (Wildman–Crippen MR) is 458 cm³/mol. The number of hydrogen-bond acceptors (Lipinski definition) is 30. The van der Waals surface area contributed by atoms with Gasteiger partial charge in [-0.1, -0.05) is 82.4 Å². The number of nitrogens with zero attached hydrogens (tertiary/aromatic N) is 9. The lowest BCUT2D eigenvalue weighted by Crippen LogP contribution is -2.61. The van der Waals surface area contributed by atoms with Gasteiger partial charge in [0.05, 0.1) is 116 Å². The number of piperazine rings is 1. The zero-order valence-corrected chi connectivity index (χ0v) is 72.7. The molecule has 124 heavy (non-hydrogen) atoms. The van der Waals surface area contributed by atoms with E-state index in [0.717, 1.165) is 33.6 Å². The fourth-order valence-corrected chi connectivity index (χ4v) is 17.2. The number of aliphatic hydroxyl groups excluding tert-OH is 3. The number of amides is 3. The van der Waals surface area contributed by atoms with Gasteiger partial charge in [0.25, 0.3) is 17.7 Å².